The molecule has 1 rings (SSSR count). The normalized spacial score (nSPS) is 8.93. The van der Waals surface area contributed by atoms with Crippen LogP contribution in [-0.2, 0) is 19.5 Å². The van der Waals surface area contributed by atoms with Gasteiger partial charge in [-0.2, -0.15) is 0 Å². The minimum Gasteiger partial charge on any atom is -0.492 e. The van der Waals surface area contributed by atoms with E-state index in [2.05, 4.69) is 4.98 Å². The topological polar surface area (TPSA) is 59.4 Å². The van der Waals surface area contributed by atoms with Crippen LogP contribution in [0.3, 0.4) is 0 Å². The number of pyridine rings is 1. The van der Waals surface area contributed by atoms with Crippen LogP contribution in [0.4, 0.5) is 0 Å². The molecule has 4 nitrogen and oxygen atoms in total. The van der Waals surface area contributed by atoms with E-state index in [-0.39, 0.29) is 25.2 Å². The van der Waals surface area contributed by atoms with Crippen LogP contribution in [-0.4, -0.2) is 22.7 Å². The zero-order chi connectivity index (χ0) is 9.68. The Morgan fingerprint density at radius 2 is 2.29 bits per heavy atom. The Morgan fingerprint density at radius 1 is 1.57 bits per heavy atom. The molecule has 14 heavy (non-hydrogen) atoms. The summed E-state index contributed by atoms with van der Waals surface area (Å²) < 4.78 is 5.23. The van der Waals surface area contributed by atoms with Crippen molar-refractivity contribution in [3.63, 3.8) is 0 Å². The van der Waals surface area contributed by atoms with E-state index in [4.69, 9.17) is 9.84 Å². The molecule has 0 fully saturated rings. The Kier molecular flexibility index (Phi) is 6.05. The smallest absolute Gasteiger partial charge is 0.354 e. The molecule has 1 heterocycles. The molecule has 0 amide bonds. The molecule has 0 aromatic carbocycles. The first kappa shape index (κ1) is 13.0. The van der Waals surface area contributed by atoms with Crippen molar-refractivity contribution in [2.45, 2.75) is 13.3 Å². The maximum atomic E-state index is 10.4. The standard InChI is InChI=1S/C9H11NO3.Zn/c1-2-5-13-7-3-4-8(9(11)12)10-6-7;/h3-4,6H,2,5H2,1H3,(H,11,12);. The molecule has 0 aliphatic rings. The van der Waals surface area contributed by atoms with E-state index >= 15 is 0 Å². The van der Waals surface area contributed by atoms with Gasteiger partial charge in [-0.15, -0.1) is 0 Å². The molecule has 1 aromatic rings. The van der Waals surface area contributed by atoms with Crippen molar-refractivity contribution in [2.75, 3.05) is 6.61 Å². The number of hydrogen-bond donors (Lipinski definition) is 1. The first-order valence-corrected chi connectivity index (χ1v) is 4.06. The number of carboxylic acids is 1. The Bertz CT molecular complexity index is 287. The summed E-state index contributed by atoms with van der Waals surface area (Å²) in [6.07, 6.45) is 2.33. The molecular formula is C9H11NO3Zn. The summed E-state index contributed by atoms with van der Waals surface area (Å²) in [4.78, 5) is 14.1. The molecule has 0 saturated carbocycles. The number of hydrogen-bond acceptors (Lipinski definition) is 3. The van der Waals surface area contributed by atoms with Gasteiger partial charge >= 0.3 is 5.97 Å². The van der Waals surface area contributed by atoms with Crippen LogP contribution < -0.4 is 4.74 Å². The van der Waals surface area contributed by atoms with Gasteiger partial charge in [-0.3, -0.25) is 0 Å². The van der Waals surface area contributed by atoms with Crippen LogP contribution in [0.2, 0.25) is 0 Å². The molecule has 0 spiro atoms. The van der Waals surface area contributed by atoms with E-state index in [1.165, 1.54) is 12.3 Å². The van der Waals surface area contributed by atoms with E-state index in [1.807, 2.05) is 6.92 Å². The molecule has 0 saturated heterocycles. The van der Waals surface area contributed by atoms with Crippen LogP contribution in [0.1, 0.15) is 23.8 Å². The largest absolute Gasteiger partial charge is 0.492 e. The third kappa shape index (κ3) is 3.83. The number of aromatic carboxylic acids is 1. The van der Waals surface area contributed by atoms with Gasteiger partial charge in [0.1, 0.15) is 11.4 Å². The van der Waals surface area contributed by atoms with Crippen molar-refractivity contribution >= 4 is 5.97 Å². The molecule has 0 bridgehead atoms. The number of carbonyl (C=O) groups is 1. The van der Waals surface area contributed by atoms with Gasteiger partial charge in [0, 0.05) is 19.5 Å². The van der Waals surface area contributed by atoms with Crippen molar-refractivity contribution in [2.24, 2.45) is 0 Å². The predicted octanol–water partition coefficient (Wildman–Crippen LogP) is 1.57. The summed E-state index contributed by atoms with van der Waals surface area (Å²) in [5, 5.41) is 8.55. The van der Waals surface area contributed by atoms with Crippen molar-refractivity contribution in [3.05, 3.63) is 24.0 Å². The Labute approximate surface area is 95.1 Å². The van der Waals surface area contributed by atoms with E-state index < -0.39 is 5.97 Å². The van der Waals surface area contributed by atoms with E-state index in [1.54, 1.807) is 6.07 Å². The number of ether oxygens (including phenoxy) is 1. The first-order valence-electron chi connectivity index (χ1n) is 4.06. The molecule has 0 aliphatic carbocycles. The Morgan fingerprint density at radius 3 is 2.71 bits per heavy atom. The second kappa shape index (κ2) is 6.49. The number of carboxylic acid groups (broad SMARTS) is 1. The zero-order valence-electron chi connectivity index (χ0n) is 8.06. The van der Waals surface area contributed by atoms with Crippen LogP contribution >= 0.6 is 0 Å². The first-order chi connectivity index (χ1) is 6.24. The van der Waals surface area contributed by atoms with E-state index in [9.17, 15) is 4.79 Å². The summed E-state index contributed by atoms with van der Waals surface area (Å²) in [6, 6.07) is 3.03. The van der Waals surface area contributed by atoms with Crippen LogP contribution in [0.25, 0.3) is 0 Å². The van der Waals surface area contributed by atoms with E-state index in [0.29, 0.717) is 12.4 Å². The summed E-state index contributed by atoms with van der Waals surface area (Å²) in [5.41, 5.74) is 0.0313. The monoisotopic (exact) mass is 245 g/mol. The summed E-state index contributed by atoms with van der Waals surface area (Å²) >= 11 is 0. The number of nitrogens with zero attached hydrogens (tertiary/aromatic N) is 1. The van der Waals surface area contributed by atoms with Crippen LogP contribution in [0, 0.1) is 0 Å². The molecule has 0 aliphatic heterocycles. The molecule has 0 unspecified atom stereocenters. The quantitative estimate of drug-likeness (QED) is 0.819. The van der Waals surface area contributed by atoms with Crippen LogP contribution in [0.15, 0.2) is 18.3 Å². The molecule has 5 heteroatoms. The van der Waals surface area contributed by atoms with Gasteiger partial charge in [-0.1, -0.05) is 6.92 Å². The number of rotatable bonds is 4. The average Bonchev–Trinajstić information content (AvgIpc) is 2.15. The summed E-state index contributed by atoms with van der Waals surface area (Å²) in [5.74, 6) is -0.422. The fourth-order valence-electron chi connectivity index (χ4n) is 0.812. The second-order valence-corrected chi connectivity index (χ2v) is 2.53. The van der Waals surface area contributed by atoms with Crippen LogP contribution in [0.5, 0.6) is 5.75 Å². The van der Waals surface area contributed by atoms with Crippen molar-refractivity contribution in [1.82, 2.24) is 4.98 Å². The molecular weight excluding hydrogens is 235 g/mol. The number of aromatic nitrogens is 1. The van der Waals surface area contributed by atoms with E-state index in [0.717, 1.165) is 6.42 Å². The molecule has 1 aromatic heterocycles. The average molecular weight is 247 g/mol. The fraction of sp³-hybridized carbons (Fsp3) is 0.333. The Hall–Kier alpha value is -0.957. The summed E-state index contributed by atoms with van der Waals surface area (Å²) in [7, 11) is 0. The van der Waals surface area contributed by atoms with Gasteiger partial charge in [0.15, 0.2) is 0 Å². The third-order valence-corrected chi connectivity index (χ3v) is 1.43. The SMILES string of the molecule is CCCOc1ccc(C(=O)O)nc1.[Zn]. The minimum absolute atomic E-state index is 0. The predicted molar refractivity (Wildman–Crippen MR) is 47.0 cm³/mol. The van der Waals surface area contributed by atoms with Crippen molar-refractivity contribution in [1.29, 1.82) is 0 Å². The Balaban J connectivity index is 0.00000169. The molecule has 0 atom stereocenters. The van der Waals surface area contributed by atoms with Gasteiger partial charge in [0.05, 0.1) is 12.8 Å². The van der Waals surface area contributed by atoms with Crippen molar-refractivity contribution < 1.29 is 34.1 Å². The maximum Gasteiger partial charge on any atom is 0.354 e. The molecule has 1 N–H and O–H groups in total. The fourth-order valence-corrected chi connectivity index (χ4v) is 0.812. The van der Waals surface area contributed by atoms with Gasteiger partial charge in [0.2, 0.25) is 0 Å². The third-order valence-electron chi connectivity index (χ3n) is 1.43. The maximum absolute atomic E-state index is 10.4. The zero-order valence-corrected chi connectivity index (χ0v) is 11.0. The van der Waals surface area contributed by atoms with Gasteiger partial charge in [-0.05, 0) is 18.6 Å². The van der Waals surface area contributed by atoms with Gasteiger partial charge in [0.25, 0.3) is 0 Å². The van der Waals surface area contributed by atoms with Crippen molar-refractivity contribution in [3.8, 4) is 5.75 Å². The van der Waals surface area contributed by atoms with Gasteiger partial charge < -0.3 is 9.84 Å². The van der Waals surface area contributed by atoms with Gasteiger partial charge in [-0.25, -0.2) is 9.78 Å². The molecule has 72 valence electrons. The molecule has 0 radical (unpaired) electrons. The minimum atomic E-state index is -1.03. The summed E-state index contributed by atoms with van der Waals surface area (Å²) in [6.45, 7) is 2.62. The second-order valence-electron chi connectivity index (χ2n) is 2.53.